The van der Waals surface area contributed by atoms with E-state index in [1.165, 1.54) is 29.7 Å². The zero-order valence-corrected chi connectivity index (χ0v) is 13.3. The molecule has 1 aliphatic carbocycles. The van der Waals surface area contributed by atoms with Gasteiger partial charge in [-0.2, -0.15) is 0 Å². The van der Waals surface area contributed by atoms with Crippen molar-refractivity contribution in [3.8, 4) is 0 Å². The SMILES string of the molecule is COCC(Nc1nc(C)nc2c1CCCC2)c1ccccc1. The van der Waals surface area contributed by atoms with E-state index >= 15 is 0 Å². The normalized spacial score (nSPS) is 15.2. The Morgan fingerprint density at radius 3 is 2.68 bits per heavy atom. The van der Waals surface area contributed by atoms with Gasteiger partial charge in [-0.05, 0) is 38.2 Å². The first-order valence-electron chi connectivity index (χ1n) is 7.94. The average Bonchev–Trinajstić information content (AvgIpc) is 2.55. The summed E-state index contributed by atoms with van der Waals surface area (Å²) in [5.74, 6) is 1.82. The number of methoxy groups -OCH3 is 1. The molecule has 0 fully saturated rings. The van der Waals surface area contributed by atoms with Gasteiger partial charge < -0.3 is 10.1 Å². The quantitative estimate of drug-likeness (QED) is 0.918. The van der Waals surface area contributed by atoms with Gasteiger partial charge in [0, 0.05) is 18.4 Å². The number of fused-ring (bicyclic) bond motifs is 1. The summed E-state index contributed by atoms with van der Waals surface area (Å²) in [6.45, 7) is 2.58. The van der Waals surface area contributed by atoms with E-state index in [4.69, 9.17) is 4.74 Å². The molecule has 1 N–H and O–H groups in total. The second-order valence-corrected chi connectivity index (χ2v) is 5.81. The molecule has 0 saturated heterocycles. The van der Waals surface area contributed by atoms with Crippen molar-refractivity contribution < 1.29 is 4.74 Å². The summed E-state index contributed by atoms with van der Waals surface area (Å²) in [6.07, 6.45) is 4.57. The second kappa shape index (κ2) is 6.88. The summed E-state index contributed by atoms with van der Waals surface area (Å²) in [4.78, 5) is 9.27. The molecule has 4 nitrogen and oxygen atoms in total. The molecule has 1 atom stereocenters. The molecule has 0 radical (unpaired) electrons. The van der Waals surface area contributed by atoms with E-state index in [-0.39, 0.29) is 6.04 Å². The van der Waals surface area contributed by atoms with Gasteiger partial charge in [-0.25, -0.2) is 9.97 Å². The lowest BCUT2D eigenvalue weighted by molar-refractivity contribution is 0.186. The maximum atomic E-state index is 5.40. The van der Waals surface area contributed by atoms with Crippen molar-refractivity contribution >= 4 is 5.82 Å². The number of nitrogens with one attached hydrogen (secondary N) is 1. The lowest BCUT2D eigenvalue weighted by Crippen LogP contribution is -2.20. The van der Waals surface area contributed by atoms with E-state index in [1.54, 1.807) is 7.11 Å². The number of anilines is 1. The number of aromatic nitrogens is 2. The van der Waals surface area contributed by atoms with Gasteiger partial charge in [0.1, 0.15) is 11.6 Å². The predicted molar refractivity (Wildman–Crippen MR) is 88.1 cm³/mol. The highest BCUT2D eigenvalue weighted by molar-refractivity contribution is 5.49. The minimum atomic E-state index is 0.103. The number of benzene rings is 1. The van der Waals surface area contributed by atoms with Crippen LogP contribution < -0.4 is 5.32 Å². The molecular weight excluding hydrogens is 274 g/mol. The van der Waals surface area contributed by atoms with E-state index in [0.29, 0.717) is 6.61 Å². The summed E-state index contributed by atoms with van der Waals surface area (Å²) in [7, 11) is 1.73. The molecule has 0 bridgehead atoms. The number of aryl methyl sites for hydroxylation is 2. The van der Waals surface area contributed by atoms with E-state index in [2.05, 4.69) is 39.6 Å². The van der Waals surface area contributed by atoms with Crippen LogP contribution in [0.25, 0.3) is 0 Å². The zero-order valence-electron chi connectivity index (χ0n) is 13.3. The van der Waals surface area contributed by atoms with Crippen LogP contribution in [0.3, 0.4) is 0 Å². The molecule has 1 aromatic carbocycles. The predicted octanol–water partition coefficient (Wildman–Crippen LogP) is 3.46. The van der Waals surface area contributed by atoms with Gasteiger partial charge in [0.15, 0.2) is 0 Å². The summed E-state index contributed by atoms with van der Waals surface area (Å²) in [5.41, 5.74) is 3.71. The van der Waals surface area contributed by atoms with Gasteiger partial charge in [0.2, 0.25) is 0 Å². The number of ether oxygens (including phenoxy) is 1. The molecule has 1 aromatic heterocycles. The van der Waals surface area contributed by atoms with Crippen LogP contribution in [0.4, 0.5) is 5.82 Å². The molecule has 1 aliphatic rings. The molecule has 0 spiro atoms. The van der Waals surface area contributed by atoms with Crippen LogP contribution >= 0.6 is 0 Å². The van der Waals surface area contributed by atoms with E-state index in [1.807, 2.05) is 13.0 Å². The van der Waals surface area contributed by atoms with E-state index in [0.717, 1.165) is 24.5 Å². The van der Waals surface area contributed by atoms with Crippen molar-refractivity contribution in [3.63, 3.8) is 0 Å². The van der Waals surface area contributed by atoms with Gasteiger partial charge in [0.05, 0.1) is 12.6 Å². The van der Waals surface area contributed by atoms with Crippen LogP contribution in [-0.4, -0.2) is 23.7 Å². The zero-order chi connectivity index (χ0) is 15.4. The van der Waals surface area contributed by atoms with Crippen molar-refractivity contribution in [2.45, 2.75) is 38.6 Å². The third kappa shape index (κ3) is 3.28. The molecule has 2 aromatic rings. The van der Waals surface area contributed by atoms with Crippen LogP contribution in [-0.2, 0) is 17.6 Å². The molecule has 3 rings (SSSR count). The maximum Gasteiger partial charge on any atom is 0.133 e. The van der Waals surface area contributed by atoms with E-state index in [9.17, 15) is 0 Å². The van der Waals surface area contributed by atoms with Gasteiger partial charge in [-0.15, -0.1) is 0 Å². The lowest BCUT2D eigenvalue weighted by atomic mass is 9.96. The minimum Gasteiger partial charge on any atom is -0.382 e. The molecule has 0 aliphatic heterocycles. The van der Waals surface area contributed by atoms with Crippen molar-refractivity contribution in [1.82, 2.24) is 9.97 Å². The largest absolute Gasteiger partial charge is 0.382 e. The average molecular weight is 297 g/mol. The molecular formula is C18H23N3O. The summed E-state index contributed by atoms with van der Waals surface area (Å²) >= 11 is 0. The third-order valence-electron chi connectivity index (χ3n) is 4.14. The third-order valence-corrected chi connectivity index (χ3v) is 4.14. The highest BCUT2D eigenvalue weighted by atomic mass is 16.5. The summed E-state index contributed by atoms with van der Waals surface area (Å²) in [6, 6.07) is 10.5. The van der Waals surface area contributed by atoms with Crippen LogP contribution in [0.15, 0.2) is 30.3 Å². The number of hydrogen-bond acceptors (Lipinski definition) is 4. The molecule has 0 amide bonds. The van der Waals surface area contributed by atoms with Crippen LogP contribution in [0.1, 0.15) is 41.5 Å². The Balaban J connectivity index is 1.91. The fraction of sp³-hybridized carbons (Fsp3) is 0.444. The van der Waals surface area contributed by atoms with Crippen molar-refractivity contribution in [2.24, 2.45) is 0 Å². The highest BCUT2D eigenvalue weighted by Gasteiger charge is 2.19. The van der Waals surface area contributed by atoms with Crippen molar-refractivity contribution in [3.05, 3.63) is 53.0 Å². The smallest absolute Gasteiger partial charge is 0.133 e. The summed E-state index contributed by atoms with van der Waals surface area (Å²) < 4.78 is 5.40. The van der Waals surface area contributed by atoms with E-state index < -0.39 is 0 Å². The van der Waals surface area contributed by atoms with Gasteiger partial charge >= 0.3 is 0 Å². The Bertz CT molecular complexity index is 628. The fourth-order valence-corrected chi connectivity index (χ4v) is 3.08. The Morgan fingerprint density at radius 2 is 1.91 bits per heavy atom. The molecule has 0 saturated carbocycles. The Labute approximate surface area is 132 Å². The number of hydrogen-bond donors (Lipinski definition) is 1. The highest BCUT2D eigenvalue weighted by Crippen LogP contribution is 2.28. The Kier molecular flexibility index (Phi) is 4.68. The Hall–Kier alpha value is -1.94. The van der Waals surface area contributed by atoms with Gasteiger partial charge in [0.25, 0.3) is 0 Å². The first-order chi connectivity index (χ1) is 10.8. The minimum absolute atomic E-state index is 0.103. The number of rotatable bonds is 5. The lowest BCUT2D eigenvalue weighted by Gasteiger charge is -2.24. The van der Waals surface area contributed by atoms with Crippen LogP contribution in [0, 0.1) is 6.92 Å². The van der Waals surface area contributed by atoms with Crippen LogP contribution in [0.5, 0.6) is 0 Å². The molecule has 1 unspecified atom stereocenters. The van der Waals surface area contributed by atoms with Crippen molar-refractivity contribution in [1.29, 1.82) is 0 Å². The van der Waals surface area contributed by atoms with Gasteiger partial charge in [-0.1, -0.05) is 30.3 Å². The molecule has 22 heavy (non-hydrogen) atoms. The maximum absolute atomic E-state index is 5.40. The summed E-state index contributed by atoms with van der Waals surface area (Å²) in [5, 5.41) is 3.59. The Morgan fingerprint density at radius 1 is 1.14 bits per heavy atom. The molecule has 1 heterocycles. The standard InChI is InChI=1S/C18H23N3O/c1-13-19-16-11-7-6-10-15(16)18(20-13)21-17(12-22-2)14-8-4-3-5-9-14/h3-5,8-9,17H,6-7,10-12H2,1-2H3,(H,19,20,21). The van der Waals surface area contributed by atoms with Gasteiger partial charge in [-0.3, -0.25) is 0 Å². The van der Waals surface area contributed by atoms with Crippen LogP contribution in [0.2, 0.25) is 0 Å². The first kappa shape index (κ1) is 15.0. The molecule has 4 heteroatoms. The molecule has 116 valence electrons. The first-order valence-corrected chi connectivity index (χ1v) is 7.94. The second-order valence-electron chi connectivity index (χ2n) is 5.81. The monoisotopic (exact) mass is 297 g/mol. The fourth-order valence-electron chi connectivity index (χ4n) is 3.08. The topological polar surface area (TPSA) is 47.0 Å². The number of nitrogens with zero attached hydrogens (tertiary/aromatic N) is 2. The van der Waals surface area contributed by atoms with Crippen molar-refractivity contribution in [2.75, 3.05) is 19.0 Å².